The van der Waals surface area contributed by atoms with Gasteiger partial charge in [0.15, 0.2) is 0 Å². The Bertz CT molecular complexity index is 736. The summed E-state index contributed by atoms with van der Waals surface area (Å²) >= 11 is 11.6. The van der Waals surface area contributed by atoms with Crippen LogP contribution in [-0.4, -0.2) is 24.2 Å². The van der Waals surface area contributed by atoms with Crippen molar-refractivity contribution in [3.63, 3.8) is 0 Å². The van der Waals surface area contributed by atoms with Crippen LogP contribution < -0.4 is 5.73 Å². The van der Waals surface area contributed by atoms with Crippen LogP contribution in [0.15, 0.2) is 48.5 Å². The first-order valence-corrected chi connectivity index (χ1v) is 8.57. The number of benzene rings is 2. The molecule has 0 radical (unpaired) electrons. The van der Waals surface area contributed by atoms with Crippen LogP contribution in [0.5, 0.6) is 0 Å². The molecule has 2 atom stereocenters. The van der Waals surface area contributed by atoms with Crippen LogP contribution in [0.25, 0.3) is 0 Å². The molecule has 140 valence electrons. The van der Waals surface area contributed by atoms with Crippen molar-refractivity contribution in [1.29, 1.82) is 0 Å². The fourth-order valence-corrected chi connectivity index (χ4v) is 2.45. The number of carbonyl (C=O) groups is 2. The molecule has 0 spiro atoms. The Kier molecular flexibility index (Phi) is 9.13. The van der Waals surface area contributed by atoms with Crippen LogP contribution in [0.1, 0.15) is 36.4 Å². The minimum atomic E-state index is -1.09. The molecular formula is C19H21Cl2NO4. The van der Waals surface area contributed by atoms with Gasteiger partial charge in [-0.2, -0.15) is 0 Å². The van der Waals surface area contributed by atoms with E-state index in [9.17, 15) is 9.59 Å². The third-order valence-electron chi connectivity index (χ3n) is 3.54. The molecule has 2 aromatic carbocycles. The number of aliphatic carboxylic acids is 1. The zero-order chi connectivity index (χ0) is 19.7. The summed E-state index contributed by atoms with van der Waals surface area (Å²) in [6, 6.07) is 14.7. The highest BCUT2D eigenvalue weighted by Gasteiger charge is 2.25. The summed E-state index contributed by atoms with van der Waals surface area (Å²) in [6.07, 6.45) is -0.357. The molecular weight excluding hydrogens is 377 g/mol. The van der Waals surface area contributed by atoms with Gasteiger partial charge in [0.05, 0.1) is 29.5 Å². The van der Waals surface area contributed by atoms with Crippen molar-refractivity contribution >= 4 is 35.1 Å². The minimum absolute atomic E-state index is 0.159. The number of methoxy groups -OCH3 is 1. The third-order valence-corrected chi connectivity index (χ3v) is 4.27. The molecule has 7 heteroatoms. The summed E-state index contributed by atoms with van der Waals surface area (Å²) in [5, 5.41) is 9.36. The fraction of sp³-hybridized carbons (Fsp3) is 0.263. The summed E-state index contributed by atoms with van der Waals surface area (Å²) < 4.78 is 4.56. The van der Waals surface area contributed by atoms with Gasteiger partial charge in [-0.25, -0.2) is 0 Å². The van der Waals surface area contributed by atoms with Crippen LogP contribution >= 0.6 is 23.2 Å². The number of hydrogen-bond donors (Lipinski definition) is 2. The van der Waals surface area contributed by atoms with Gasteiger partial charge in [0, 0.05) is 6.04 Å². The van der Waals surface area contributed by atoms with E-state index in [1.54, 1.807) is 6.07 Å². The topological polar surface area (TPSA) is 89.6 Å². The standard InChI is InChI=1S/C11H10Cl2O4.C8H11N/c1-17-11(16)7(5-10(14)15)6-2-3-8(12)9(13)4-6;1-7(9)8-5-3-2-4-6-8/h2-4,7H,5H2,1H3,(H,14,15);2-7H,9H2,1H3/t;7-/m.0/s1. The maximum Gasteiger partial charge on any atom is 0.313 e. The van der Waals surface area contributed by atoms with E-state index in [1.807, 2.05) is 37.3 Å². The maximum absolute atomic E-state index is 11.5. The van der Waals surface area contributed by atoms with Crippen molar-refractivity contribution < 1.29 is 19.4 Å². The lowest BCUT2D eigenvalue weighted by molar-refractivity contribution is -0.147. The second kappa shape index (κ2) is 10.8. The van der Waals surface area contributed by atoms with Crippen LogP contribution in [0.2, 0.25) is 10.0 Å². The Morgan fingerprint density at radius 3 is 2.12 bits per heavy atom. The molecule has 2 rings (SSSR count). The molecule has 0 bridgehead atoms. The maximum atomic E-state index is 11.5. The molecule has 0 saturated carbocycles. The van der Waals surface area contributed by atoms with E-state index >= 15 is 0 Å². The van der Waals surface area contributed by atoms with E-state index in [4.69, 9.17) is 34.0 Å². The summed E-state index contributed by atoms with van der Waals surface area (Å²) in [5.41, 5.74) is 7.27. The zero-order valence-electron chi connectivity index (χ0n) is 14.5. The molecule has 0 amide bonds. The highest BCUT2D eigenvalue weighted by atomic mass is 35.5. The van der Waals surface area contributed by atoms with Crippen molar-refractivity contribution in [1.82, 2.24) is 0 Å². The van der Waals surface area contributed by atoms with E-state index in [0.717, 1.165) is 0 Å². The van der Waals surface area contributed by atoms with Gasteiger partial charge >= 0.3 is 11.9 Å². The summed E-state index contributed by atoms with van der Waals surface area (Å²) in [6.45, 7) is 1.98. The largest absolute Gasteiger partial charge is 0.481 e. The first kappa shape index (κ1) is 22.0. The molecule has 3 N–H and O–H groups in total. The van der Waals surface area contributed by atoms with Gasteiger partial charge in [-0.3, -0.25) is 9.59 Å². The Labute approximate surface area is 162 Å². The lowest BCUT2D eigenvalue weighted by Gasteiger charge is -2.13. The molecule has 0 saturated heterocycles. The highest BCUT2D eigenvalue weighted by Crippen LogP contribution is 2.28. The number of halogens is 2. The third kappa shape index (κ3) is 7.04. The molecule has 2 aromatic rings. The number of carboxylic acid groups (broad SMARTS) is 1. The molecule has 1 unspecified atom stereocenters. The second-order valence-electron chi connectivity index (χ2n) is 5.55. The van der Waals surface area contributed by atoms with Crippen LogP contribution in [-0.2, 0) is 14.3 Å². The molecule has 0 aliphatic heterocycles. The van der Waals surface area contributed by atoms with Gasteiger partial charge in [-0.15, -0.1) is 0 Å². The number of ether oxygens (including phenoxy) is 1. The van der Waals surface area contributed by atoms with Crippen molar-refractivity contribution in [3.05, 3.63) is 69.7 Å². The average Bonchev–Trinajstić information content (AvgIpc) is 2.62. The van der Waals surface area contributed by atoms with Gasteiger partial charge in [-0.05, 0) is 30.2 Å². The predicted molar refractivity (Wildman–Crippen MR) is 103 cm³/mol. The lowest BCUT2D eigenvalue weighted by atomic mass is 9.96. The lowest BCUT2D eigenvalue weighted by Crippen LogP contribution is -2.17. The number of hydrogen-bond acceptors (Lipinski definition) is 4. The van der Waals surface area contributed by atoms with Gasteiger partial charge in [0.2, 0.25) is 0 Å². The Morgan fingerprint density at radius 2 is 1.69 bits per heavy atom. The first-order valence-electron chi connectivity index (χ1n) is 7.81. The monoisotopic (exact) mass is 397 g/mol. The Balaban J connectivity index is 0.000000314. The van der Waals surface area contributed by atoms with E-state index in [0.29, 0.717) is 10.6 Å². The van der Waals surface area contributed by atoms with Crippen molar-refractivity contribution in [2.24, 2.45) is 5.73 Å². The summed E-state index contributed by atoms with van der Waals surface area (Å²) in [4.78, 5) is 22.2. The normalized spacial score (nSPS) is 12.3. The van der Waals surface area contributed by atoms with Crippen molar-refractivity contribution in [3.8, 4) is 0 Å². The predicted octanol–water partition coefficient (Wildman–Crippen LogP) is 4.43. The zero-order valence-corrected chi connectivity index (χ0v) is 16.0. The highest BCUT2D eigenvalue weighted by molar-refractivity contribution is 6.42. The summed E-state index contributed by atoms with van der Waals surface area (Å²) in [5.74, 6) is -2.59. The molecule has 0 aromatic heterocycles. The number of rotatable bonds is 5. The summed E-state index contributed by atoms with van der Waals surface area (Å²) in [7, 11) is 1.20. The number of carbonyl (C=O) groups excluding carboxylic acids is 1. The van der Waals surface area contributed by atoms with Gasteiger partial charge in [-0.1, -0.05) is 59.6 Å². The smallest absolute Gasteiger partial charge is 0.313 e. The van der Waals surface area contributed by atoms with E-state index in [2.05, 4.69) is 4.74 Å². The number of carboxylic acids is 1. The van der Waals surface area contributed by atoms with Crippen LogP contribution in [0.4, 0.5) is 0 Å². The first-order chi connectivity index (χ1) is 12.3. The molecule has 5 nitrogen and oxygen atoms in total. The Hall–Kier alpha value is -2.08. The quantitative estimate of drug-likeness (QED) is 0.728. The molecule has 0 fully saturated rings. The minimum Gasteiger partial charge on any atom is -0.481 e. The van der Waals surface area contributed by atoms with Gasteiger partial charge in [0.25, 0.3) is 0 Å². The van der Waals surface area contributed by atoms with E-state index in [-0.39, 0.29) is 17.5 Å². The SMILES string of the molecule is COC(=O)C(CC(=O)O)c1ccc(Cl)c(Cl)c1.C[C@H](N)c1ccccc1. The van der Waals surface area contributed by atoms with Crippen LogP contribution in [0.3, 0.4) is 0 Å². The van der Waals surface area contributed by atoms with Crippen molar-refractivity contribution in [2.45, 2.75) is 25.3 Å². The van der Waals surface area contributed by atoms with Gasteiger partial charge in [0.1, 0.15) is 0 Å². The molecule has 0 aliphatic carbocycles. The number of esters is 1. The molecule has 0 heterocycles. The molecule has 0 aliphatic rings. The number of nitrogens with two attached hydrogens (primary N) is 1. The Morgan fingerprint density at radius 1 is 1.08 bits per heavy atom. The average molecular weight is 398 g/mol. The van der Waals surface area contributed by atoms with E-state index in [1.165, 1.54) is 24.8 Å². The van der Waals surface area contributed by atoms with Crippen molar-refractivity contribution in [2.75, 3.05) is 7.11 Å². The second-order valence-corrected chi connectivity index (χ2v) is 6.36. The fourth-order valence-electron chi connectivity index (χ4n) is 2.14. The van der Waals surface area contributed by atoms with Crippen LogP contribution in [0, 0.1) is 0 Å². The van der Waals surface area contributed by atoms with E-state index < -0.39 is 17.9 Å². The van der Waals surface area contributed by atoms with Gasteiger partial charge < -0.3 is 15.6 Å². The molecule has 26 heavy (non-hydrogen) atoms.